The highest BCUT2D eigenvalue weighted by atomic mass is 16.5. The van der Waals surface area contributed by atoms with Crippen molar-refractivity contribution in [3.63, 3.8) is 0 Å². The van der Waals surface area contributed by atoms with Crippen LogP contribution in [0.2, 0.25) is 0 Å². The monoisotopic (exact) mass is 421 g/mol. The Morgan fingerprint density at radius 2 is 2.06 bits per heavy atom. The van der Waals surface area contributed by atoms with Crippen LogP contribution >= 0.6 is 0 Å². The van der Waals surface area contributed by atoms with E-state index in [0.29, 0.717) is 18.8 Å². The maximum absolute atomic E-state index is 11.6. The number of imidazole rings is 1. The molecular formula is C22H27N7O2. The zero-order valence-electron chi connectivity index (χ0n) is 17.8. The number of carbonyl (C=O) groups excluding carboxylic acids is 1. The number of pyridine rings is 2. The Labute approximate surface area is 180 Å². The Hall–Kier alpha value is -3.20. The number of anilines is 1. The number of fused-ring (bicyclic) bond motifs is 1. The Morgan fingerprint density at radius 3 is 2.77 bits per heavy atom. The molecule has 0 bridgehead atoms. The molecule has 0 saturated carbocycles. The van der Waals surface area contributed by atoms with Gasteiger partial charge in [-0.25, -0.2) is 15.0 Å². The highest BCUT2D eigenvalue weighted by molar-refractivity contribution is 5.84. The van der Waals surface area contributed by atoms with Crippen LogP contribution < -0.4 is 20.3 Å². The molecule has 5 rings (SSSR count). The maximum Gasteiger partial charge on any atom is 0.241 e. The van der Waals surface area contributed by atoms with Crippen LogP contribution in [-0.2, 0) is 11.8 Å². The molecule has 31 heavy (non-hydrogen) atoms. The fourth-order valence-electron chi connectivity index (χ4n) is 4.22. The first-order valence-corrected chi connectivity index (χ1v) is 10.8. The second-order valence-corrected chi connectivity index (χ2v) is 8.27. The SMILES string of the molecule is CC(Oc1nc(-c2ccc(N3CCNCC3)nc2)cc2ncn(C)c12)C1CNC(=O)C1. The Bertz CT molecular complexity index is 1090. The minimum Gasteiger partial charge on any atom is -0.473 e. The van der Waals surface area contributed by atoms with E-state index in [-0.39, 0.29) is 17.9 Å². The molecule has 0 aliphatic carbocycles. The van der Waals surface area contributed by atoms with Gasteiger partial charge in [0, 0.05) is 63.9 Å². The molecule has 2 unspecified atom stereocenters. The van der Waals surface area contributed by atoms with Crippen molar-refractivity contribution >= 4 is 22.8 Å². The summed E-state index contributed by atoms with van der Waals surface area (Å²) in [6.45, 7) is 6.49. The summed E-state index contributed by atoms with van der Waals surface area (Å²) in [7, 11) is 1.93. The summed E-state index contributed by atoms with van der Waals surface area (Å²) in [5.41, 5.74) is 3.36. The summed E-state index contributed by atoms with van der Waals surface area (Å²) >= 11 is 0. The number of hydrogen-bond acceptors (Lipinski definition) is 7. The zero-order valence-corrected chi connectivity index (χ0v) is 17.8. The van der Waals surface area contributed by atoms with Crippen molar-refractivity contribution in [1.29, 1.82) is 0 Å². The second-order valence-electron chi connectivity index (χ2n) is 8.27. The lowest BCUT2D eigenvalue weighted by molar-refractivity contribution is -0.119. The summed E-state index contributed by atoms with van der Waals surface area (Å²) in [6, 6.07) is 6.06. The lowest BCUT2D eigenvalue weighted by atomic mass is 10.0. The van der Waals surface area contributed by atoms with Crippen LogP contribution in [0.15, 0.2) is 30.7 Å². The van der Waals surface area contributed by atoms with E-state index in [4.69, 9.17) is 9.72 Å². The van der Waals surface area contributed by atoms with E-state index < -0.39 is 0 Å². The summed E-state index contributed by atoms with van der Waals surface area (Å²) in [5, 5.41) is 6.24. The van der Waals surface area contributed by atoms with E-state index >= 15 is 0 Å². The maximum atomic E-state index is 11.6. The highest BCUT2D eigenvalue weighted by Gasteiger charge is 2.29. The van der Waals surface area contributed by atoms with Crippen molar-refractivity contribution in [3.05, 3.63) is 30.7 Å². The van der Waals surface area contributed by atoms with E-state index in [1.54, 1.807) is 6.33 Å². The van der Waals surface area contributed by atoms with E-state index in [0.717, 1.165) is 54.3 Å². The van der Waals surface area contributed by atoms with Crippen molar-refractivity contribution in [2.75, 3.05) is 37.6 Å². The third-order valence-electron chi connectivity index (χ3n) is 6.12. The van der Waals surface area contributed by atoms with Crippen LogP contribution in [0, 0.1) is 5.92 Å². The molecule has 0 radical (unpaired) electrons. The predicted octanol–water partition coefficient (Wildman–Crippen LogP) is 1.34. The smallest absolute Gasteiger partial charge is 0.241 e. The van der Waals surface area contributed by atoms with Crippen LogP contribution in [0.3, 0.4) is 0 Å². The summed E-state index contributed by atoms with van der Waals surface area (Å²) in [5.74, 6) is 1.71. The van der Waals surface area contributed by atoms with E-state index in [1.807, 2.05) is 42.9 Å². The third-order valence-corrected chi connectivity index (χ3v) is 6.12. The average molecular weight is 422 g/mol. The molecular weight excluding hydrogens is 394 g/mol. The minimum atomic E-state index is -0.145. The van der Waals surface area contributed by atoms with Gasteiger partial charge in [0.25, 0.3) is 0 Å². The fourth-order valence-corrected chi connectivity index (χ4v) is 4.22. The third kappa shape index (κ3) is 3.93. The first-order chi connectivity index (χ1) is 15.1. The van der Waals surface area contributed by atoms with Gasteiger partial charge in [0.1, 0.15) is 17.4 Å². The van der Waals surface area contributed by atoms with Gasteiger partial charge in [-0.2, -0.15) is 0 Å². The molecule has 3 aromatic rings. The molecule has 2 saturated heterocycles. The van der Waals surface area contributed by atoms with Gasteiger partial charge in [-0.05, 0) is 25.1 Å². The molecule has 2 N–H and O–H groups in total. The Morgan fingerprint density at radius 1 is 1.23 bits per heavy atom. The topological polar surface area (TPSA) is 97.2 Å². The molecule has 5 heterocycles. The molecule has 2 aliphatic heterocycles. The van der Waals surface area contributed by atoms with Crippen molar-refractivity contribution in [2.45, 2.75) is 19.4 Å². The lowest BCUT2D eigenvalue weighted by Gasteiger charge is -2.28. The van der Waals surface area contributed by atoms with Crippen molar-refractivity contribution in [3.8, 4) is 17.1 Å². The van der Waals surface area contributed by atoms with Gasteiger partial charge >= 0.3 is 0 Å². The number of hydrogen-bond donors (Lipinski definition) is 2. The van der Waals surface area contributed by atoms with Crippen LogP contribution in [0.4, 0.5) is 5.82 Å². The number of aromatic nitrogens is 4. The van der Waals surface area contributed by atoms with Crippen molar-refractivity contribution < 1.29 is 9.53 Å². The highest BCUT2D eigenvalue weighted by Crippen LogP contribution is 2.31. The molecule has 0 aromatic carbocycles. The van der Waals surface area contributed by atoms with E-state index in [1.165, 1.54) is 0 Å². The van der Waals surface area contributed by atoms with Crippen molar-refractivity contribution in [1.82, 2.24) is 30.2 Å². The minimum absolute atomic E-state index is 0.0727. The molecule has 2 aliphatic rings. The van der Waals surface area contributed by atoms with Crippen LogP contribution in [0.1, 0.15) is 13.3 Å². The summed E-state index contributed by atoms with van der Waals surface area (Å²) < 4.78 is 8.19. The largest absolute Gasteiger partial charge is 0.473 e. The number of rotatable bonds is 5. The summed E-state index contributed by atoms with van der Waals surface area (Å²) in [4.78, 5) is 27.9. The molecule has 2 atom stereocenters. The number of aryl methyl sites for hydroxylation is 1. The van der Waals surface area contributed by atoms with Crippen molar-refractivity contribution in [2.24, 2.45) is 13.0 Å². The quantitative estimate of drug-likeness (QED) is 0.642. The van der Waals surface area contributed by atoms with Gasteiger partial charge < -0.3 is 24.8 Å². The van der Waals surface area contributed by atoms with E-state index in [9.17, 15) is 4.79 Å². The lowest BCUT2D eigenvalue weighted by Crippen LogP contribution is -2.43. The Kier molecular flexibility index (Phi) is 5.19. The number of nitrogens with one attached hydrogen (secondary N) is 2. The molecule has 9 heteroatoms. The molecule has 1 amide bonds. The predicted molar refractivity (Wildman–Crippen MR) is 118 cm³/mol. The molecule has 9 nitrogen and oxygen atoms in total. The van der Waals surface area contributed by atoms with E-state index in [2.05, 4.69) is 25.5 Å². The number of ether oxygens (including phenoxy) is 1. The zero-order chi connectivity index (χ0) is 21.4. The molecule has 0 spiro atoms. The number of carbonyl (C=O) groups is 1. The average Bonchev–Trinajstić information content (AvgIpc) is 3.40. The molecule has 162 valence electrons. The number of amides is 1. The number of nitrogens with zero attached hydrogens (tertiary/aromatic N) is 5. The fraction of sp³-hybridized carbons (Fsp3) is 0.455. The van der Waals surface area contributed by atoms with Crippen LogP contribution in [0.5, 0.6) is 5.88 Å². The Balaban J connectivity index is 1.44. The first kappa shape index (κ1) is 19.7. The second kappa shape index (κ2) is 8.14. The first-order valence-electron chi connectivity index (χ1n) is 10.8. The molecule has 2 fully saturated rings. The van der Waals surface area contributed by atoms with Crippen LogP contribution in [-0.4, -0.2) is 64.3 Å². The standard InChI is InChI=1S/C22H27N7O2/c1-14(16-9-20(30)25-12-16)31-22-21-18(26-13-28(21)2)10-17(27-22)15-3-4-19(24-11-15)29-7-5-23-6-8-29/h3-4,10-11,13-14,16,23H,5-9,12H2,1-2H3,(H,25,30). The van der Waals surface area contributed by atoms with Gasteiger partial charge in [0.05, 0.1) is 17.5 Å². The van der Waals surface area contributed by atoms with Gasteiger partial charge in [0.2, 0.25) is 11.8 Å². The number of piperazine rings is 1. The normalized spacial score (nSPS) is 20.1. The van der Waals surface area contributed by atoms with Gasteiger partial charge in [-0.15, -0.1) is 0 Å². The van der Waals surface area contributed by atoms with Gasteiger partial charge in [0.15, 0.2) is 0 Å². The molecule has 3 aromatic heterocycles. The van der Waals surface area contributed by atoms with Gasteiger partial charge in [-0.3, -0.25) is 4.79 Å². The summed E-state index contributed by atoms with van der Waals surface area (Å²) in [6.07, 6.45) is 3.96. The van der Waals surface area contributed by atoms with Gasteiger partial charge in [-0.1, -0.05) is 0 Å². The van der Waals surface area contributed by atoms with Crippen LogP contribution in [0.25, 0.3) is 22.3 Å².